The SMILES string of the molecule is O=C(CN1CCC(F)(c2ccccn2)CC1)N1CCC[C@H]1c1ccc2c(c1)OCCO2. The molecular formula is C24H28FN3O3. The Morgan fingerprint density at radius 1 is 1.10 bits per heavy atom. The van der Waals surface area contributed by atoms with Gasteiger partial charge < -0.3 is 14.4 Å². The zero-order valence-corrected chi connectivity index (χ0v) is 17.6. The molecule has 0 spiro atoms. The number of halogens is 1. The summed E-state index contributed by atoms with van der Waals surface area (Å²) in [6, 6.07) is 11.4. The Morgan fingerprint density at radius 3 is 2.68 bits per heavy atom. The van der Waals surface area contributed by atoms with Gasteiger partial charge in [-0.15, -0.1) is 0 Å². The van der Waals surface area contributed by atoms with Gasteiger partial charge in [-0.3, -0.25) is 14.7 Å². The number of benzene rings is 1. The van der Waals surface area contributed by atoms with E-state index in [0.717, 1.165) is 36.4 Å². The standard InChI is InChI=1S/C24H28FN3O3/c25-24(22-5-1-2-10-26-22)8-12-27(13-9-24)17-23(29)28-11-3-4-19(28)18-6-7-20-21(16-18)31-15-14-30-20/h1-2,5-7,10,16,19H,3-4,8-9,11-15,17H2/t19-/m0/s1. The van der Waals surface area contributed by atoms with Gasteiger partial charge in [0.05, 0.1) is 18.3 Å². The second-order valence-corrected chi connectivity index (χ2v) is 8.60. The lowest BCUT2D eigenvalue weighted by molar-refractivity contribution is -0.134. The molecule has 6 nitrogen and oxygen atoms in total. The first-order valence-corrected chi connectivity index (χ1v) is 11.1. The van der Waals surface area contributed by atoms with Crippen LogP contribution in [0.5, 0.6) is 11.5 Å². The number of piperidine rings is 1. The Labute approximate surface area is 182 Å². The van der Waals surface area contributed by atoms with Crippen molar-refractivity contribution in [2.45, 2.75) is 37.4 Å². The molecule has 3 aliphatic heterocycles. The molecule has 1 aromatic carbocycles. The Kier molecular flexibility index (Phi) is 5.52. The van der Waals surface area contributed by atoms with Gasteiger partial charge in [0.15, 0.2) is 17.2 Å². The topological polar surface area (TPSA) is 54.9 Å². The lowest BCUT2D eigenvalue weighted by Gasteiger charge is -2.36. The molecule has 0 N–H and O–H groups in total. The molecule has 31 heavy (non-hydrogen) atoms. The molecule has 0 saturated carbocycles. The predicted molar refractivity (Wildman–Crippen MR) is 114 cm³/mol. The van der Waals surface area contributed by atoms with Crippen molar-refractivity contribution in [3.8, 4) is 11.5 Å². The van der Waals surface area contributed by atoms with E-state index < -0.39 is 5.67 Å². The van der Waals surface area contributed by atoms with Crippen LogP contribution in [0.15, 0.2) is 42.6 Å². The summed E-state index contributed by atoms with van der Waals surface area (Å²) in [6.45, 7) is 3.32. The van der Waals surface area contributed by atoms with Crippen LogP contribution >= 0.6 is 0 Å². The highest BCUT2D eigenvalue weighted by molar-refractivity contribution is 5.79. The number of pyridine rings is 1. The number of carbonyl (C=O) groups is 1. The van der Waals surface area contributed by atoms with Crippen molar-refractivity contribution in [1.29, 1.82) is 0 Å². The first-order chi connectivity index (χ1) is 15.1. The first-order valence-electron chi connectivity index (χ1n) is 11.1. The van der Waals surface area contributed by atoms with Gasteiger partial charge in [0.25, 0.3) is 0 Å². The van der Waals surface area contributed by atoms with E-state index in [4.69, 9.17) is 9.47 Å². The molecule has 1 aromatic heterocycles. The van der Waals surface area contributed by atoms with E-state index in [9.17, 15) is 4.79 Å². The van der Waals surface area contributed by atoms with E-state index >= 15 is 4.39 Å². The summed E-state index contributed by atoms with van der Waals surface area (Å²) in [4.78, 5) is 21.4. The number of hydrogen-bond donors (Lipinski definition) is 0. The fourth-order valence-electron chi connectivity index (χ4n) is 4.91. The molecule has 0 bridgehead atoms. The van der Waals surface area contributed by atoms with Crippen LogP contribution in [0.4, 0.5) is 4.39 Å². The van der Waals surface area contributed by atoms with Crippen LogP contribution in [-0.2, 0) is 10.5 Å². The van der Waals surface area contributed by atoms with Gasteiger partial charge in [-0.05, 0) is 55.5 Å². The van der Waals surface area contributed by atoms with Crippen molar-refractivity contribution in [3.63, 3.8) is 0 Å². The Morgan fingerprint density at radius 2 is 1.90 bits per heavy atom. The van der Waals surface area contributed by atoms with Crippen LogP contribution in [-0.4, -0.2) is 60.1 Å². The summed E-state index contributed by atoms with van der Waals surface area (Å²) < 4.78 is 26.7. The molecule has 2 fully saturated rings. The van der Waals surface area contributed by atoms with E-state index in [1.165, 1.54) is 0 Å². The highest BCUT2D eigenvalue weighted by atomic mass is 19.1. The molecule has 7 heteroatoms. The number of nitrogens with zero attached hydrogens (tertiary/aromatic N) is 3. The Bertz CT molecular complexity index is 931. The Hall–Kier alpha value is -2.67. The lowest BCUT2D eigenvalue weighted by atomic mass is 9.89. The van der Waals surface area contributed by atoms with Gasteiger partial charge in [0, 0.05) is 25.8 Å². The maximum absolute atomic E-state index is 15.3. The molecule has 3 aliphatic rings. The average Bonchev–Trinajstić information content (AvgIpc) is 3.31. The van der Waals surface area contributed by atoms with Crippen LogP contribution in [0.3, 0.4) is 0 Å². The van der Waals surface area contributed by atoms with Crippen LogP contribution in [0.2, 0.25) is 0 Å². The van der Waals surface area contributed by atoms with Crippen molar-refractivity contribution >= 4 is 5.91 Å². The van der Waals surface area contributed by atoms with Crippen molar-refractivity contribution in [2.75, 3.05) is 39.4 Å². The number of carbonyl (C=O) groups excluding carboxylic acids is 1. The minimum Gasteiger partial charge on any atom is -0.486 e. The zero-order valence-electron chi connectivity index (χ0n) is 17.6. The summed E-state index contributed by atoms with van der Waals surface area (Å²) in [7, 11) is 0. The highest BCUT2D eigenvalue weighted by Gasteiger charge is 2.39. The lowest BCUT2D eigenvalue weighted by Crippen LogP contribution is -2.46. The fraction of sp³-hybridized carbons (Fsp3) is 0.500. The van der Waals surface area contributed by atoms with Gasteiger partial charge in [-0.25, -0.2) is 4.39 Å². The second kappa shape index (κ2) is 8.46. The van der Waals surface area contributed by atoms with Gasteiger partial charge >= 0.3 is 0 Å². The molecule has 1 atom stereocenters. The number of amides is 1. The van der Waals surface area contributed by atoms with Crippen molar-refractivity contribution in [2.24, 2.45) is 0 Å². The summed E-state index contributed by atoms with van der Waals surface area (Å²) in [6.07, 6.45) is 4.29. The van der Waals surface area contributed by atoms with E-state index in [0.29, 0.717) is 51.4 Å². The quantitative estimate of drug-likeness (QED) is 0.751. The third-order valence-corrected chi connectivity index (χ3v) is 6.66. The van der Waals surface area contributed by atoms with Gasteiger partial charge in [-0.1, -0.05) is 12.1 Å². The fourth-order valence-corrected chi connectivity index (χ4v) is 4.91. The minimum absolute atomic E-state index is 0.0573. The normalized spacial score (nSPS) is 23.0. The van der Waals surface area contributed by atoms with Crippen molar-refractivity contribution in [3.05, 3.63) is 53.9 Å². The number of fused-ring (bicyclic) bond motifs is 1. The maximum Gasteiger partial charge on any atom is 0.237 e. The molecule has 0 aliphatic carbocycles. The molecule has 4 heterocycles. The average molecular weight is 426 g/mol. The minimum atomic E-state index is -1.40. The van der Waals surface area contributed by atoms with E-state index in [1.807, 2.05) is 29.2 Å². The predicted octanol–water partition coefficient (Wildman–Crippen LogP) is 3.48. The second-order valence-electron chi connectivity index (χ2n) is 8.60. The number of rotatable bonds is 4. The molecule has 164 valence electrons. The van der Waals surface area contributed by atoms with E-state index in [1.54, 1.807) is 18.3 Å². The van der Waals surface area contributed by atoms with Crippen LogP contribution < -0.4 is 9.47 Å². The molecule has 0 unspecified atom stereocenters. The molecule has 2 saturated heterocycles. The van der Waals surface area contributed by atoms with Crippen LogP contribution in [0.25, 0.3) is 0 Å². The third kappa shape index (κ3) is 4.11. The molecule has 1 amide bonds. The number of hydrogen-bond acceptors (Lipinski definition) is 5. The van der Waals surface area contributed by atoms with E-state index in [2.05, 4.69) is 9.88 Å². The molecular weight excluding hydrogens is 397 g/mol. The van der Waals surface area contributed by atoms with Gasteiger partial charge in [0.2, 0.25) is 5.91 Å². The third-order valence-electron chi connectivity index (χ3n) is 6.66. The monoisotopic (exact) mass is 425 g/mol. The van der Waals surface area contributed by atoms with Gasteiger partial charge in [0.1, 0.15) is 13.2 Å². The van der Waals surface area contributed by atoms with Crippen molar-refractivity contribution in [1.82, 2.24) is 14.8 Å². The van der Waals surface area contributed by atoms with Crippen molar-refractivity contribution < 1.29 is 18.7 Å². The highest BCUT2D eigenvalue weighted by Crippen LogP contribution is 2.39. The summed E-state index contributed by atoms with van der Waals surface area (Å²) in [5.41, 5.74) is 0.188. The summed E-state index contributed by atoms with van der Waals surface area (Å²) >= 11 is 0. The number of alkyl halides is 1. The van der Waals surface area contributed by atoms with Gasteiger partial charge in [-0.2, -0.15) is 0 Å². The van der Waals surface area contributed by atoms with E-state index in [-0.39, 0.29) is 11.9 Å². The zero-order chi connectivity index (χ0) is 21.3. The molecule has 0 radical (unpaired) electrons. The number of aromatic nitrogens is 1. The summed E-state index contributed by atoms with van der Waals surface area (Å²) in [5, 5.41) is 0. The number of ether oxygens (including phenoxy) is 2. The largest absolute Gasteiger partial charge is 0.486 e. The molecule has 2 aromatic rings. The Balaban J connectivity index is 1.22. The smallest absolute Gasteiger partial charge is 0.237 e. The summed E-state index contributed by atoms with van der Waals surface area (Å²) in [5.74, 6) is 1.64. The van der Waals surface area contributed by atoms with Crippen LogP contribution in [0.1, 0.15) is 43.0 Å². The van der Waals surface area contributed by atoms with Crippen LogP contribution in [0, 0.1) is 0 Å². The number of likely N-dealkylation sites (tertiary alicyclic amines) is 2. The first kappa shape index (κ1) is 20.2. The molecule has 5 rings (SSSR count). The maximum atomic E-state index is 15.3.